The predicted molar refractivity (Wildman–Crippen MR) is 157 cm³/mol. The van der Waals surface area contributed by atoms with Crippen molar-refractivity contribution in [1.29, 1.82) is 0 Å². The molecule has 0 spiro atoms. The summed E-state index contributed by atoms with van der Waals surface area (Å²) >= 11 is 0. The van der Waals surface area contributed by atoms with Gasteiger partial charge in [-0.1, -0.05) is 18.6 Å². The van der Waals surface area contributed by atoms with E-state index in [1.807, 2.05) is 0 Å². The third-order valence-electron chi connectivity index (χ3n) is 11.1. The minimum atomic E-state index is -2.11. The van der Waals surface area contributed by atoms with Crippen LogP contribution < -0.4 is 5.73 Å². The van der Waals surface area contributed by atoms with E-state index in [9.17, 15) is 24.3 Å². The van der Waals surface area contributed by atoms with Crippen molar-refractivity contribution in [2.24, 2.45) is 28.4 Å². The molecule has 0 aromatic rings. The number of halogens is 1. The summed E-state index contributed by atoms with van der Waals surface area (Å²) in [5, 5.41) is 28.2. The minimum absolute atomic E-state index is 0.0313. The van der Waals surface area contributed by atoms with Gasteiger partial charge in [0.15, 0.2) is 29.4 Å². The van der Waals surface area contributed by atoms with Gasteiger partial charge in [0.2, 0.25) is 5.78 Å². The first kappa shape index (κ1) is 35.7. The van der Waals surface area contributed by atoms with E-state index in [1.165, 1.54) is 12.2 Å². The van der Waals surface area contributed by atoms with E-state index in [0.717, 1.165) is 0 Å². The van der Waals surface area contributed by atoms with Gasteiger partial charge in [-0.25, -0.2) is 4.39 Å². The van der Waals surface area contributed by atoms with Crippen LogP contribution in [0.15, 0.2) is 23.8 Å². The largest absolute Gasteiger partial charge is 0.465 e. The minimum Gasteiger partial charge on any atom is -0.465 e. The van der Waals surface area contributed by atoms with Crippen LogP contribution >= 0.6 is 0 Å². The Labute approximate surface area is 271 Å². The number of ether oxygens (including phenoxy) is 4. The number of hydrogen-bond acceptors (Lipinski definition) is 14. The fraction of sp³-hybridized carbons (Fsp3) is 0.750. The molecule has 47 heavy (non-hydrogen) atoms. The molecule has 262 valence electrons. The highest BCUT2D eigenvalue weighted by Crippen LogP contribution is 2.72. The highest BCUT2D eigenvalue weighted by atomic mass is 19.1. The number of aliphatic hydroxyl groups is 1. The van der Waals surface area contributed by atoms with Crippen LogP contribution in [0.4, 0.5) is 4.39 Å². The number of unbranched alkanes of at least 4 members (excludes halogenated alkanes) is 1. The van der Waals surface area contributed by atoms with Crippen molar-refractivity contribution in [2.75, 3.05) is 19.8 Å². The Morgan fingerprint density at radius 3 is 2.53 bits per heavy atom. The predicted octanol–water partition coefficient (Wildman–Crippen LogP) is 2.02. The lowest BCUT2D eigenvalue weighted by atomic mass is 9.44. The molecule has 5 rings (SSSR count). The number of ketones is 2. The Kier molecular flexibility index (Phi) is 9.62. The molecule has 0 aromatic heterocycles. The number of carbonyl (C=O) groups excluding carboxylic acids is 4. The molecule has 3 saturated carbocycles. The first-order chi connectivity index (χ1) is 21.9. The number of esters is 2. The van der Waals surface area contributed by atoms with Gasteiger partial charge in [-0.15, -0.1) is 0 Å². The summed E-state index contributed by atoms with van der Waals surface area (Å²) in [4.78, 5) is 55.6. The van der Waals surface area contributed by atoms with Gasteiger partial charge in [-0.2, -0.15) is 0 Å². The lowest BCUT2D eigenvalue weighted by molar-refractivity contribution is -0.492. The van der Waals surface area contributed by atoms with Gasteiger partial charge in [0.1, 0.15) is 6.04 Å². The quantitative estimate of drug-likeness (QED) is 0.134. The van der Waals surface area contributed by atoms with E-state index in [0.29, 0.717) is 31.3 Å². The number of nitrogens with two attached hydrogens (primary N) is 1. The van der Waals surface area contributed by atoms with Gasteiger partial charge < -0.3 is 29.8 Å². The summed E-state index contributed by atoms with van der Waals surface area (Å²) in [5.41, 5.74) is 0.390. The van der Waals surface area contributed by atoms with Crippen molar-refractivity contribution in [3.8, 4) is 0 Å². The summed E-state index contributed by atoms with van der Waals surface area (Å²) in [6.07, 6.45) is 3.14. The summed E-state index contributed by atoms with van der Waals surface area (Å²) in [5.74, 6) is -4.91. The van der Waals surface area contributed by atoms with Crippen LogP contribution in [0.25, 0.3) is 0 Å². The van der Waals surface area contributed by atoms with Crippen molar-refractivity contribution in [3.63, 3.8) is 0 Å². The van der Waals surface area contributed by atoms with Crippen LogP contribution in [-0.4, -0.2) is 99.5 Å². The average molecular weight is 669 g/mol. The number of carbonyl (C=O) groups is 4. The van der Waals surface area contributed by atoms with E-state index in [1.54, 1.807) is 33.8 Å². The second-order valence-corrected chi connectivity index (χ2v) is 14.2. The molecule has 9 atom stereocenters. The fourth-order valence-electron chi connectivity index (χ4n) is 9.01. The monoisotopic (exact) mass is 668 g/mol. The second kappa shape index (κ2) is 12.7. The summed E-state index contributed by atoms with van der Waals surface area (Å²) in [6.45, 7) is 6.05. The van der Waals surface area contributed by atoms with Crippen molar-refractivity contribution in [1.82, 2.24) is 5.39 Å². The third kappa shape index (κ3) is 5.88. The SMILES string of the molecule is CC1(C)O[C@@H]2C[C@H]3[C@@H]4CCC5=CC(=O)C=C[C@]5(C)[C@@]4(F)[C@@H](O)C[C@]3(C)[C@]2(C(=O)COC(=O)CC(N)C(=O)OCCCCON(O)O)O1. The Morgan fingerprint density at radius 2 is 1.83 bits per heavy atom. The maximum absolute atomic E-state index is 17.6. The molecule has 14 nitrogen and oxygen atoms in total. The lowest BCUT2D eigenvalue weighted by Gasteiger charge is -2.62. The average Bonchev–Trinajstić information content (AvgIpc) is 3.39. The number of alkyl halides is 1. The standard InChI is InChI=1S/C32H45FN2O12/c1-28(2)46-25-14-21-20-8-7-18-13-19(36)9-10-29(18,3)31(20,33)23(37)16-30(21,4)32(25,47-28)24(38)17-44-26(39)15-22(34)27(40)43-11-5-6-12-45-35(41)42/h9-10,13,20-23,25,37,41-42H,5-8,11-12,14-17,34H2,1-4H3/t20-,21-,22?,23-,25+,29-,30-,31-,32+/m0/s1. The number of Topliss-reactive ketones (excluding diaryl/α,β-unsaturated/α-hetero) is 1. The Hall–Kier alpha value is -2.63. The van der Waals surface area contributed by atoms with Crippen LogP contribution in [0.3, 0.4) is 0 Å². The summed E-state index contributed by atoms with van der Waals surface area (Å²) in [6, 6.07) is -1.36. The molecular formula is C32H45FN2O12. The van der Waals surface area contributed by atoms with E-state index >= 15 is 4.39 Å². The zero-order chi connectivity index (χ0) is 34.6. The fourth-order valence-corrected chi connectivity index (χ4v) is 9.01. The lowest BCUT2D eigenvalue weighted by Crippen LogP contribution is -2.70. The van der Waals surface area contributed by atoms with Crippen LogP contribution in [-0.2, 0) is 43.0 Å². The molecule has 0 bridgehead atoms. The smallest absolute Gasteiger partial charge is 0.323 e. The Morgan fingerprint density at radius 1 is 1.13 bits per heavy atom. The van der Waals surface area contributed by atoms with Crippen molar-refractivity contribution in [3.05, 3.63) is 23.8 Å². The molecule has 15 heteroatoms. The normalized spacial score (nSPS) is 38.9. The van der Waals surface area contributed by atoms with Crippen molar-refractivity contribution in [2.45, 2.75) is 108 Å². The molecule has 5 aliphatic rings. The number of fused-ring (bicyclic) bond motifs is 7. The number of rotatable bonds is 12. The molecule has 5 N–H and O–H groups in total. The van der Waals surface area contributed by atoms with Gasteiger partial charge in [-0.3, -0.25) is 34.4 Å². The third-order valence-corrected chi connectivity index (χ3v) is 11.1. The maximum atomic E-state index is 17.6. The Balaban J connectivity index is 1.27. The van der Waals surface area contributed by atoms with Gasteiger partial charge in [-0.05, 0) is 77.4 Å². The zero-order valence-electron chi connectivity index (χ0n) is 27.1. The molecule has 0 aromatic carbocycles. The zero-order valence-corrected chi connectivity index (χ0v) is 27.1. The van der Waals surface area contributed by atoms with E-state index in [-0.39, 0.29) is 31.8 Å². The molecule has 0 amide bonds. The van der Waals surface area contributed by atoms with Gasteiger partial charge in [0, 0.05) is 16.7 Å². The van der Waals surface area contributed by atoms with Crippen LogP contribution in [0.1, 0.15) is 72.6 Å². The molecule has 1 saturated heterocycles. The van der Waals surface area contributed by atoms with Crippen LogP contribution in [0.2, 0.25) is 0 Å². The first-order valence-electron chi connectivity index (χ1n) is 16.0. The molecule has 0 radical (unpaired) electrons. The van der Waals surface area contributed by atoms with E-state index in [4.69, 9.17) is 35.1 Å². The molecule has 1 aliphatic heterocycles. The molecule has 1 heterocycles. The Bertz CT molecular complexity index is 1350. The van der Waals surface area contributed by atoms with Crippen LogP contribution in [0, 0.1) is 22.7 Å². The van der Waals surface area contributed by atoms with E-state index in [2.05, 4.69) is 4.84 Å². The highest BCUT2D eigenvalue weighted by molar-refractivity contribution is 6.01. The highest BCUT2D eigenvalue weighted by Gasteiger charge is 2.80. The van der Waals surface area contributed by atoms with Gasteiger partial charge >= 0.3 is 11.9 Å². The van der Waals surface area contributed by atoms with Gasteiger partial charge in [0.05, 0.1) is 37.2 Å². The van der Waals surface area contributed by atoms with E-state index < -0.39 is 94.1 Å². The van der Waals surface area contributed by atoms with Crippen molar-refractivity contribution >= 4 is 23.5 Å². The maximum Gasteiger partial charge on any atom is 0.323 e. The number of hydrogen-bond donors (Lipinski definition) is 4. The molecule has 1 unspecified atom stereocenters. The number of allylic oxidation sites excluding steroid dienone is 4. The number of nitrogens with zero attached hydrogens (tertiary/aromatic N) is 1. The van der Waals surface area contributed by atoms with Crippen LogP contribution in [0.5, 0.6) is 0 Å². The number of aliphatic hydroxyl groups excluding tert-OH is 1. The summed E-state index contributed by atoms with van der Waals surface area (Å²) < 4.78 is 40.6. The first-order valence-corrected chi connectivity index (χ1v) is 16.0. The van der Waals surface area contributed by atoms with Crippen molar-refractivity contribution < 1.29 is 62.9 Å². The summed E-state index contributed by atoms with van der Waals surface area (Å²) in [7, 11) is 0. The van der Waals surface area contributed by atoms with Gasteiger partial charge in [0.25, 0.3) is 0 Å². The molecule has 4 fully saturated rings. The molecular weight excluding hydrogens is 623 g/mol. The molecule has 4 aliphatic carbocycles. The topological polar surface area (TPSA) is 204 Å². The second-order valence-electron chi connectivity index (χ2n) is 14.2.